The summed E-state index contributed by atoms with van der Waals surface area (Å²) in [6, 6.07) is 9.14. The minimum absolute atomic E-state index is 0.0343. The second-order valence-electron chi connectivity index (χ2n) is 9.96. The molecule has 0 radical (unpaired) electrons. The average molecular weight is 549 g/mol. The van der Waals surface area contributed by atoms with Crippen molar-refractivity contribution in [1.82, 2.24) is 19.9 Å². The van der Waals surface area contributed by atoms with Gasteiger partial charge in [-0.1, -0.05) is 12.1 Å². The van der Waals surface area contributed by atoms with E-state index in [1.165, 1.54) is 31.6 Å². The monoisotopic (exact) mass is 548 g/mol. The molecule has 0 spiro atoms. The molecule has 0 aliphatic heterocycles. The fourth-order valence-electron chi connectivity index (χ4n) is 5.05. The van der Waals surface area contributed by atoms with Gasteiger partial charge in [-0.15, -0.1) is 0 Å². The predicted molar refractivity (Wildman–Crippen MR) is 137 cm³/mol. The van der Waals surface area contributed by atoms with Crippen molar-refractivity contribution in [1.29, 1.82) is 0 Å². The Morgan fingerprint density at radius 2 is 1.84 bits per heavy atom. The maximum atomic E-state index is 13.5. The maximum Gasteiger partial charge on any atom is 0.416 e. The molecule has 204 valence electrons. The van der Waals surface area contributed by atoms with Gasteiger partial charge in [0, 0.05) is 18.3 Å². The van der Waals surface area contributed by atoms with Crippen molar-refractivity contribution in [3.05, 3.63) is 77.0 Å². The van der Waals surface area contributed by atoms with Crippen LogP contribution < -0.4 is 4.74 Å². The Labute approximate surface area is 221 Å². The number of ether oxygens (including phenoxy) is 1. The molecule has 0 saturated heterocycles. The van der Waals surface area contributed by atoms with Crippen LogP contribution in [0.3, 0.4) is 0 Å². The van der Waals surface area contributed by atoms with Crippen LogP contribution in [0.1, 0.15) is 53.3 Å². The van der Waals surface area contributed by atoms with Gasteiger partial charge < -0.3 is 9.64 Å². The van der Waals surface area contributed by atoms with Gasteiger partial charge in [0.25, 0.3) is 0 Å². The summed E-state index contributed by atoms with van der Waals surface area (Å²) in [7, 11) is 0.166. The van der Waals surface area contributed by atoms with Gasteiger partial charge in [0.1, 0.15) is 12.4 Å². The summed E-state index contributed by atoms with van der Waals surface area (Å²) < 4.78 is 72.5. The largest absolute Gasteiger partial charge is 0.473 e. The molecule has 1 aromatic carbocycles. The molecule has 3 aromatic rings. The minimum Gasteiger partial charge on any atom is -0.473 e. The standard InChI is InChI=1S/C27H31F3N4O3S/c1-17-5-6-19(13-22(17)27(28,29)30)20-7-8-24(23(14-20)34(3)4)37-26-10-9-25(18(2)33-26)38(35,36)15-21-11-12-31-16-32-21/h5-6,9-13,16,20,23-24H,7-8,14-15H2,1-4H3/t20-,23-,24-/m0/s1. The maximum absolute atomic E-state index is 13.5. The van der Waals surface area contributed by atoms with Gasteiger partial charge in [0.05, 0.1) is 27.6 Å². The number of nitrogens with zero attached hydrogens (tertiary/aromatic N) is 4. The van der Waals surface area contributed by atoms with E-state index >= 15 is 0 Å². The average Bonchev–Trinajstić information content (AvgIpc) is 2.84. The zero-order valence-corrected chi connectivity index (χ0v) is 22.6. The van der Waals surface area contributed by atoms with Crippen molar-refractivity contribution in [3.8, 4) is 5.88 Å². The normalized spacial score (nSPS) is 20.5. The zero-order chi connectivity index (χ0) is 27.7. The van der Waals surface area contributed by atoms with Crippen LogP contribution in [0, 0.1) is 13.8 Å². The third-order valence-corrected chi connectivity index (χ3v) is 8.83. The van der Waals surface area contributed by atoms with Crippen molar-refractivity contribution in [2.75, 3.05) is 14.1 Å². The Morgan fingerprint density at radius 1 is 1.08 bits per heavy atom. The van der Waals surface area contributed by atoms with E-state index in [9.17, 15) is 21.6 Å². The van der Waals surface area contributed by atoms with Gasteiger partial charge in [-0.05, 0) is 82.4 Å². The van der Waals surface area contributed by atoms with Crippen LogP contribution >= 0.6 is 0 Å². The molecule has 0 amide bonds. The number of rotatable bonds is 7. The Kier molecular flexibility index (Phi) is 8.08. The molecule has 1 fully saturated rings. The molecule has 2 aromatic heterocycles. The second kappa shape index (κ2) is 11.0. The van der Waals surface area contributed by atoms with Crippen molar-refractivity contribution in [2.24, 2.45) is 0 Å². The number of benzene rings is 1. The quantitative estimate of drug-likeness (QED) is 0.405. The van der Waals surface area contributed by atoms with E-state index in [2.05, 4.69) is 15.0 Å². The fraction of sp³-hybridized carbons (Fsp3) is 0.444. The molecule has 1 saturated carbocycles. The highest BCUT2D eigenvalue weighted by Crippen LogP contribution is 2.39. The highest BCUT2D eigenvalue weighted by molar-refractivity contribution is 7.90. The minimum atomic E-state index is -4.39. The Morgan fingerprint density at radius 3 is 2.47 bits per heavy atom. The molecular weight excluding hydrogens is 517 g/mol. The molecule has 1 aliphatic rings. The molecule has 11 heteroatoms. The van der Waals surface area contributed by atoms with E-state index in [0.29, 0.717) is 42.1 Å². The van der Waals surface area contributed by atoms with Gasteiger partial charge in [-0.25, -0.2) is 23.4 Å². The lowest BCUT2D eigenvalue weighted by molar-refractivity contribution is -0.138. The van der Waals surface area contributed by atoms with Crippen LogP contribution in [-0.4, -0.2) is 54.5 Å². The number of aryl methyl sites for hydroxylation is 2. The summed E-state index contributed by atoms with van der Waals surface area (Å²) in [5.74, 6) is 0.0152. The van der Waals surface area contributed by atoms with Crippen LogP contribution in [0.25, 0.3) is 0 Å². The Balaban J connectivity index is 1.49. The number of hydrogen-bond acceptors (Lipinski definition) is 7. The van der Waals surface area contributed by atoms with Crippen molar-refractivity contribution >= 4 is 9.84 Å². The van der Waals surface area contributed by atoms with E-state index in [0.717, 1.165) is 0 Å². The first kappa shape index (κ1) is 28.0. The highest BCUT2D eigenvalue weighted by Gasteiger charge is 2.37. The molecule has 1 aliphatic carbocycles. The summed E-state index contributed by atoms with van der Waals surface area (Å²) in [5.41, 5.74) is 1.02. The Bertz CT molecular complexity index is 1380. The number of hydrogen-bond donors (Lipinski definition) is 0. The van der Waals surface area contributed by atoms with Crippen molar-refractivity contribution < 1.29 is 26.3 Å². The first-order valence-electron chi connectivity index (χ1n) is 12.3. The van der Waals surface area contributed by atoms with E-state index in [-0.39, 0.29) is 34.3 Å². The van der Waals surface area contributed by atoms with Crippen LogP contribution in [0.15, 0.2) is 53.8 Å². The number of likely N-dealkylation sites (N-methyl/N-ethyl adjacent to an activating group) is 1. The summed E-state index contributed by atoms with van der Waals surface area (Å²) in [6.07, 6.45) is 0.0727. The van der Waals surface area contributed by atoms with Crippen LogP contribution in [0.5, 0.6) is 5.88 Å². The molecule has 7 nitrogen and oxygen atoms in total. The molecule has 38 heavy (non-hydrogen) atoms. The molecule has 4 rings (SSSR count). The second-order valence-corrected chi connectivity index (χ2v) is 11.9. The summed E-state index contributed by atoms with van der Waals surface area (Å²) in [5, 5.41) is 0. The van der Waals surface area contributed by atoms with Crippen LogP contribution in [0.2, 0.25) is 0 Å². The number of aromatic nitrogens is 3. The number of alkyl halides is 3. The first-order valence-corrected chi connectivity index (χ1v) is 14.0. The molecule has 0 N–H and O–H groups in total. The van der Waals surface area contributed by atoms with Crippen LogP contribution in [0.4, 0.5) is 13.2 Å². The van der Waals surface area contributed by atoms with Crippen molar-refractivity contribution in [2.45, 2.75) is 68.0 Å². The molecular formula is C27H31F3N4O3S. The van der Waals surface area contributed by atoms with Gasteiger partial charge in [0.2, 0.25) is 5.88 Å². The Hall–Kier alpha value is -3.05. The van der Waals surface area contributed by atoms with Gasteiger partial charge in [-0.3, -0.25) is 0 Å². The lowest BCUT2D eigenvalue weighted by atomic mass is 9.78. The zero-order valence-electron chi connectivity index (χ0n) is 21.7. The van der Waals surface area contributed by atoms with Gasteiger partial charge in [-0.2, -0.15) is 13.2 Å². The summed E-state index contributed by atoms with van der Waals surface area (Å²) >= 11 is 0. The topological polar surface area (TPSA) is 85.3 Å². The molecule has 3 atom stereocenters. The van der Waals surface area contributed by atoms with E-state index in [4.69, 9.17) is 4.74 Å². The molecule has 0 unspecified atom stereocenters. The SMILES string of the molecule is Cc1ccc([C@H]2CC[C@H](Oc3ccc(S(=O)(=O)Cc4ccncn4)c(C)n3)[C@@H](N(C)C)C2)cc1C(F)(F)F. The number of sulfone groups is 1. The lowest BCUT2D eigenvalue weighted by Gasteiger charge is -2.39. The lowest BCUT2D eigenvalue weighted by Crippen LogP contribution is -2.46. The third kappa shape index (κ3) is 6.32. The van der Waals surface area contributed by atoms with E-state index < -0.39 is 21.6 Å². The first-order chi connectivity index (χ1) is 17.8. The van der Waals surface area contributed by atoms with Gasteiger partial charge in [0.15, 0.2) is 9.84 Å². The number of halogens is 3. The molecule has 0 bridgehead atoms. The smallest absolute Gasteiger partial charge is 0.416 e. The summed E-state index contributed by atoms with van der Waals surface area (Å²) in [4.78, 5) is 14.3. The summed E-state index contributed by atoms with van der Waals surface area (Å²) in [6.45, 7) is 3.09. The van der Waals surface area contributed by atoms with E-state index in [1.54, 1.807) is 31.2 Å². The molecule has 2 heterocycles. The van der Waals surface area contributed by atoms with Crippen molar-refractivity contribution in [3.63, 3.8) is 0 Å². The van der Waals surface area contributed by atoms with E-state index in [1.807, 2.05) is 19.0 Å². The van der Waals surface area contributed by atoms with Gasteiger partial charge >= 0.3 is 6.18 Å². The number of pyridine rings is 1. The fourth-order valence-corrected chi connectivity index (χ4v) is 6.54. The predicted octanol–water partition coefficient (Wildman–Crippen LogP) is 5.13. The highest BCUT2D eigenvalue weighted by atomic mass is 32.2. The van der Waals surface area contributed by atoms with Crippen LogP contribution in [-0.2, 0) is 21.8 Å². The third-order valence-electron chi connectivity index (χ3n) is 7.06.